The topological polar surface area (TPSA) is 43.1 Å². The molecule has 0 bridgehead atoms. The van der Waals surface area contributed by atoms with Gasteiger partial charge in [-0.05, 0) is 46.7 Å². The summed E-state index contributed by atoms with van der Waals surface area (Å²) in [6.45, 7) is 0. The predicted molar refractivity (Wildman–Crippen MR) is 96.7 cm³/mol. The first-order chi connectivity index (χ1) is 9.15. The molecule has 0 saturated carbocycles. The monoisotopic (exact) mass is 479 g/mol. The van der Waals surface area contributed by atoms with Gasteiger partial charge in [-0.1, -0.05) is 65.1 Å². The van der Waals surface area contributed by atoms with Crippen LogP contribution in [0.15, 0.2) is 54.6 Å². The summed E-state index contributed by atoms with van der Waals surface area (Å²) in [6, 6.07) is 17.8. The molecule has 2 nitrogen and oxygen atoms in total. The molecule has 100 valence electrons. The summed E-state index contributed by atoms with van der Waals surface area (Å²) in [5, 5.41) is 0. The van der Waals surface area contributed by atoms with Gasteiger partial charge in [0.25, 0.3) is 0 Å². The zero-order valence-corrected chi connectivity index (χ0v) is 14.7. The third-order valence-electron chi connectivity index (χ3n) is 2.37. The van der Waals surface area contributed by atoms with Crippen molar-refractivity contribution in [3.05, 3.63) is 69.3 Å². The summed E-state index contributed by atoms with van der Waals surface area (Å²) in [5.74, 6) is -0.370. The Bertz CT molecular complexity index is 515. The van der Waals surface area contributed by atoms with E-state index in [9.17, 15) is 4.79 Å². The summed E-state index contributed by atoms with van der Waals surface area (Å²) in [7, 11) is 0. The van der Waals surface area contributed by atoms with Crippen molar-refractivity contribution in [1.82, 2.24) is 0 Å². The number of aryl methyl sites for hydroxylation is 1. The third kappa shape index (κ3) is 6.38. The zero-order chi connectivity index (χ0) is 14.1. The highest BCUT2D eigenvalue weighted by atomic mass is 127. The molecule has 0 aliphatic carbocycles. The Balaban J connectivity index is 0.000000191. The molecule has 2 rings (SSSR count). The molecule has 2 aromatic carbocycles. The van der Waals surface area contributed by atoms with Crippen LogP contribution in [0.4, 0.5) is 0 Å². The Labute approximate surface area is 141 Å². The average molecular weight is 479 g/mol. The van der Waals surface area contributed by atoms with E-state index in [1.54, 1.807) is 12.1 Å². The van der Waals surface area contributed by atoms with E-state index in [1.165, 1.54) is 16.4 Å². The first-order valence-corrected chi connectivity index (χ1v) is 8.39. The summed E-state index contributed by atoms with van der Waals surface area (Å²) < 4.78 is 2.11. The van der Waals surface area contributed by atoms with E-state index < -0.39 is 0 Å². The molecular formula is C15H15I2NO. The normalized spacial score (nSPS) is 9.37. The number of carbonyl (C=O) groups is 1. The molecule has 0 saturated heterocycles. The van der Waals surface area contributed by atoms with Crippen LogP contribution in [-0.2, 0) is 6.42 Å². The molecule has 0 aliphatic rings. The lowest BCUT2D eigenvalue weighted by molar-refractivity contribution is 0.0999. The number of carbonyl (C=O) groups excluding carboxylic acids is 1. The minimum atomic E-state index is -0.370. The first kappa shape index (κ1) is 16.4. The van der Waals surface area contributed by atoms with Crippen LogP contribution in [0, 0.1) is 3.57 Å². The predicted octanol–water partition coefficient (Wildman–Crippen LogP) is 4.05. The van der Waals surface area contributed by atoms with Crippen molar-refractivity contribution in [1.29, 1.82) is 0 Å². The Morgan fingerprint density at radius 3 is 2.05 bits per heavy atom. The summed E-state index contributed by atoms with van der Waals surface area (Å²) in [4.78, 5) is 10.6. The van der Waals surface area contributed by atoms with E-state index in [2.05, 4.69) is 75.5 Å². The van der Waals surface area contributed by atoms with Crippen molar-refractivity contribution in [2.24, 2.45) is 5.73 Å². The van der Waals surface area contributed by atoms with E-state index in [-0.39, 0.29) is 5.91 Å². The Kier molecular flexibility index (Phi) is 8.04. The second kappa shape index (κ2) is 9.30. The highest BCUT2D eigenvalue weighted by molar-refractivity contribution is 14.1. The molecule has 0 radical (unpaired) electrons. The lowest BCUT2D eigenvalue weighted by Crippen LogP contribution is -2.12. The highest BCUT2D eigenvalue weighted by Gasteiger charge is 2.01. The number of benzene rings is 2. The maximum atomic E-state index is 10.6. The molecule has 4 heteroatoms. The summed E-state index contributed by atoms with van der Waals surface area (Å²) in [6.07, 6.45) is 1.20. The number of halogens is 2. The van der Waals surface area contributed by atoms with E-state index in [1.807, 2.05) is 12.1 Å². The smallest absolute Gasteiger partial charge is 0.249 e. The first-order valence-electron chi connectivity index (χ1n) is 5.79. The van der Waals surface area contributed by atoms with Gasteiger partial charge in [-0.2, -0.15) is 0 Å². The number of amides is 1. The Hall–Kier alpha value is -0.630. The Morgan fingerprint density at radius 2 is 1.58 bits per heavy atom. The molecule has 1 amide bonds. The molecule has 19 heavy (non-hydrogen) atoms. The molecular weight excluding hydrogens is 464 g/mol. The number of rotatable bonds is 3. The average Bonchev–Trinajstić information content (AvgIpc) is 2.41. The van der Waals surface area contributed by atoms with Gasteiger partial charge in [-0.25, -0.2) is 0 Å². The Morgan fingerprint density at radius 1 is 1.00 bits per heavy atom. The van der Waals surface area contributed by atoms with Crippen LogP contribution in [-0.4, -0.2) is 10.3 Å². The van der Waals surface area contributed by atoms with Gasteiger partial charge in [0, 0.05) is 8.00 Å². The molecule has 2 N–H and O–H groups in total. The maximum absolute atomic E-state index is 10.6. The van der Waals surface area contributed by atoms with Crippen molar-refractivity contribution >= 4 is 51.1 Å². The number of primary amides is 1. The van der Waals surface area contributed by atoms with Crippen LogP contribution >= 0.6 is 45.2 Å². The van der Waals surface area contributed by atoms with Crippen molar-refractivity contribution in [3.63, 3.8) is 0 Å². The van der Waals surface area contributed by atoms with Gasteiger partial charge < -0.3 is 5.73 Å². The lowest BCUT2D eigenvalue weighted by Gasteiger charge is -1.95. The molecule has 0 aliphatic heterocycles. The summed E-state index contributed by atoms with van der Waals surface area (Å²) >= 11 is 4.47. The minimum Gasteiger partial charge on any atom is -0.366 e. The molecule has 2 aromatic rings. The fourth-order valence-corrected chi connectivity index (χ4v) is 2.69. The fourth-order valence-electron chi connectivity index (χ4n) is 1.41. The van der Waals surface area contributed by atoms with Crippen LogP contribution in [0.1, 0.15) is 15.9 Å². The minimum absolute atomic E-state index is 0.370. The van der Waals surface area contributed by atoms with Gasteiger partial charge >= 0.3 is 0 Å². The number of nitrogens with two attached hydrogens (primary N) is 1. The van der Waals surface area contributed by atoms with Crippen molar-refractivity contribution in [2.75, 3.05) is 4.43 Å². The van der Waals surface area contributed by atoms with Crippen LogP contribution in [0.3, 0.4) is 0 Å². The van der Waals surface area contributed by atoms with Gasteiger partial charge in [0.05, 0.1) is 5.56 Å². The second-order valence-electron chi connectivity index (χ2n) is 3.77. The zero-order valence-electron chi connectivity index (χ0n) is 10.4. The van der Waals surface area contributed by atoms with E-state index in [0.717, 1.165) is 3.57 Å². The molecule has 0 spiro atoms. The fraction of sp³-hybridized carbons (Fsp3) is 0.133. The number of hydrogen-bond donors (Lipinski definition) is 1. The van der Waals surface area contributed by atoms with E-state index >= 15 is 0 Å². The van der Waals surface area contributed by atoms with Crippen LogP contribution in [0.2, 0.25) is 0 Å². The standard InChI is InChI=1S/C8H9I.C7H6INO/c9-7-6-8-4-2-1-3-5-8;8-6-4-2-1-3-5(6)7(9)10/h1-5H,6-7H2;1-4H,(H2,9,10). The van der Waals surface area contributed by atoms with Gasteiger partial charge in [0.1, 0.15) is 0 Å². The second-order valence-corrected chi connectivity index (χ2v) is 6.01. The number of alkyl halides is 1. The van der Waals surface area contributed by atoms with Gasteiger partial charge in [-0.15, -0.1) is 0 Å². The summed E-state index contributed by atoms with van der Waals surface area (Å²) in [5.41, 5.74) is 7.09. The van der Waals surface area contributed by atoms with Crippen molar-refractivity contribution < 1.29 is 4.79 Å². The van der Waals surface area contributed by atoms with Gasteiger partial charge in [-0.3, -0.25) is 4.79 Å². The number of hydrogen-bond acceptors (Lipinski definition) is 1. The lowest BCUT2D eigenvalue weighted by atomic mass is 10.2. The van der Waals surface area contributed by atoms with Crippen molar-refractivity contribution in [2.45, 2.75) is 6.42 Å². The SMILES string of the molecule is ICCc1ccccc1.NC(=O)c1ccccc1I. The van der Waals surface area contributed by atoms with Gasteiger partial charge in [0.2, 0.25) is 5.91 Å². The van der Waals surface area contributed by atoms with Crippen molar-refractivity contribution in [3.8, 4) is 0 Å². The molecule has 0 aromatic heterocycles. The molecule has 0 fully saturated rings. The molecule has 0 unspecified atom stereocenters. The van der Waals surface area contributed by atoms with Crippen LogP contribution < -0.4 is 5.73 Å². The largest absolute Gasteiger partial charge is 0.366 e. The quantitative estimate of drug-likeness (QED) is 0.524. The highest BCUT2D eigenvalue weighted by Crippen LogP contribution is 2.09. The molecule has 0 heterocycles. The maximum Gasteiger partial charge on any atom is 0.249 e. The molecule has 0 atom stereocenters. The van der Waals surface area contributed by atoms with E-state index in [0.29, 0.717) is 5.56 Å². The van der Waals surface area contributed by atoms with E-state index in [4.69, 9.17) is 5.73 Å². The van der Waals surface area contributed by atoms with Crippen LogP contribution in [0.5, 0.6) is 0 Å². The van der Waals surface area contributed by atoms with Gasteiger partial charge in [0.15, 0.2) is 0 Å². The third-order valence-corrected chi connectivity index (χ3v) is 3.85. The van der Waals surface area contributed by atoms with Crippen LogP contribution in [0.25, 0.3) is 0 Å².